The fourth-order valence-electron chi connectivity index (χ4n) is 6.39. The number of likely N-dealkylation sites (tertiary alicyclic amines) is 2. The first-order valence-corrected chi connectivity index (χ1v) is 12.3. The number of nitrogens with one attached hydrogen (secondary N) is 1. The standard InChI is InChI=1S/C26H37N3O2/c1-4-18(2)15-28-16-21-22(17-28)26(27-23(21)30)11-13-29(14-12-26)24(31)25(9-10-25)20-7-5-19(3)6-8-20/h5-8,18,21-22H,4,9-17H2,1-3H3,(H,27,30)/t18-,21+,22-/m0/s1. The zero-order valence-corrected chi connectivity index (χ0v) is 19.3. The number of carbonyl (C=O) groups excluding carboxylic acids is 2. The molecule has 5 nitrogen and oxygen atoms in total. The minimum Gasteiger partial charge on any atom is -0.350 e. The molecule has 3 aliphatic heterocycles. The van der Waals surface area contributed by atoms with Crippen molar-refractivity contribution in [3.05, 3.63) is 35.4 Å². The quantitative estimate of drug-likeness (QED) is 0.792. The van der Waals surface area contributed by atoms with Gasteiger partial charge >= 0.3 is 0 Å². The number of aryl methyl sites for hydroxylation is 1. The summed E-state index contributed by atoms with van der Waals surface area (Å²) in [6, 6.07) is 8.51. The minimum atomic E-state index is -0.292. The Kier molecular flexibility index (Phi) is 5.16. The molecule has 1 aromatic carbocycles. The Morgan fingerprint density at radius 1 is 1.13 bits per heavy atom. The fraction of sp³-hybridized carbons (Fsp3) is 0.692. The van der Waals surface area contributed by atoms with Crippen LogP contribution in [-0.2, 0) is 15.0 Å². The van der Waals surface area contributed by atoms with E-state index in [0.29, 0.717) is 17.7 Å². The Bertz CT molecular complexity index is 852. The van der Waals surface area contributed by atoms with Gasteiger partial charge in [0, 0.05) is 44.2 Å². The van der Waals surface area contributed by atoms with Crippen LogP contribution in [0.5, 0.6) is 0 Å². The number of fused-ring (bicyclic) bond motifs is 2. The van der Waals surface area contributed by atoms with Crippen LogP contribution in [0.25, 0.3) is 0 Å². The Labute approximate surface area is 186 Å². The van der Waals surface area contributed by atoms with Gasteiger partial charge in [-0.25, -0.2) is 0 Å². The largest absolute Gasteiger partial charge is 0.350 e. The van der Waals surface area contributed by atoms with Gasteiger partial charge in [-0.2, -0.15) is 0 Å². The lowest BCUT2D eigenvalue weighted by molar-refractivity contribution is -0.136. The lowest BCUT2D eigenvalue weighted by Gasteiger charge is -2.43. The van der Waals surface area contributed by atoms with E-state index in [1.165, 1.54) is 17.5 Å². The molecule has 3 heterocycles. The second kappa shape index (κ2) is 7.61. The summed E-state index contributed by atoms with van der Waals surface area (Å²) in [6.07, 6.45) is 4.90. The average molecular weight is 424 g/mol. The zero-order valence-electron chi connectivity index (χ0n) is 19.3. The fourth-order valence-corrected chi connectivity index (χ4v) is 6.39. The SMILES string of the molecule is CC[C@H](C)CN1C[C@H]2C(=O)NC3(CCN(C(=O)C4(c5ccc(C)cc5)CC4)CC3)[C@H]2C1. The molecule has 1 N–H and O–H groups in total. The Morgan fingerprint density at radius 2 is 1.81 bits per heavy atom. The van der Waals surface area contributed by atoms with Crippen molar-refractivity contribution >= 4 is 11.8 Å². The van der Waals surface area contributed by atoms with Crippen LogP contribution < -0.4 is 5.32 Å². The number of hydrogen-bond donors (Lipinski definition) is 1. The van der Waals surface area contributed by atoms with E-state index in [9.17, 15) is 9.59 Å². The van der Waals surface area contributed by atoms with Gasteiger partial charge in [0.2, 0.25) is 11.8 Å². The molecule has 1 spiro atoms. The van der Waals surface area contributed by atoms with Gasteiger partial charge in [0.25, 0.3) is 0 Å². The van der Waals surface area contributed by atoms with Crippen LogP contribution in [0.1, 0.15) is 57.1 Å². The van der Waals surface area contributed by atoms with Crippen LogP contribution in [-0.4, -0.2) is 59.9 Å². The van der Waals surface area contributed by atoms with Gasteiger partial charge in [-0.15, -0.1) is 0 Å². The third-order valence-corrected chi connectivity index (χ3v) is 8.79. The summed E-state index contributed by atoms with van der Waals surface area (Å²) in [5.41, 5.74) is 2.01. The summed E-state index contributed by atoms with van der Waals surface area (Å²) in [6.45, 7) is 11.2. The first-order valence-electron chi connectivity index (χ1n) is 12.3. The second-order valence-electron chi connectivity index (χ2n) is 10.8. The minimum absolute atomic E-state index is 0.108. The molecular weight excluding hydrogens is 386 g/mol. The lowest BCUT2D eigenvalue weighted by atomic mass is 9.75. The van der Waals surface area contributed by atoms with Gasteiger partial charge in [-0.05, 0) is 44.1 Å². The molecule has 0 aromatic heterocycles. The summed E-state index contributed by atoms with van der Waals surface area (Å²) >= 11 is 0. The highest BCUT2D eigenvalue weighted by Gasteiger charge is 2.59. The first kappa shape index (κ1) is 21.0. The van der Waals surface area contributed by atoms with Crippen molar-refractivity contribution in [1.82, 2.24) is 15.1 Å². The zero-order chi connectivity index (χ0) is 21.8. The predicted octanol–water partition coefficient (Wildman–Crippen LogP) is 3.11. The lowest BCUT2D eigenvalue weighted by Crippen LogP contribution is -2.57. The molecule has 5 heteroatoms. The van der Waals surface area contributed by atoms with Gasteiger partial charge in [0.05, 0.1) is 11.3 Å². The van der Waals surface area contributed by atoms with Crippen LogP contribution in [0.2, 0.25) is 0 Å². The molecule has 1 saturated carbocycles. The molecule has 3 saturated heterocycles. The number of piperidine rings is 1. The smallest absolute Gasteiger partial charge is 0.233 e. The maximum absolute atomic E-state index is 13.5. The Morgan fingerprint density at radius 3 is 2.42 bits per heavy atom. The number of carbonyl (C=O) groups is 2. The van der Waals surface area contributed by atoms with Crippen LogP contribution in [0.3, 0.4) is 0 Å². The van der Waals surface area contributed by atoms with Crippen LogP contribution in [0.15, 0.2) is 24.3 Å². The van der Waals surface area contributed by atoms with E-state index in [1.54, 1.807) is 0 Å². The normalized spacial score (nSPS) is 29.6. The number of hydrogen-bond acceptors (Lipinski definition) is 3. The maximum atomic E-state index is 13.5. The highest BCUT2D eigenvalue weighted by molar-refractivity contribution is 5.91. The number of amides is 2. The molecule has 4 fully saturated rings. The molecule has 5 rings (SSSR count). The highest BCUT2D eigenvalue weighted by atomic mass is 16.2. The van der Waals surface area contributed by atoms with E-state index in [4.69, 9.17) is 0 Å². The number of benzene rings is 1. The van der Waals surface area contributed by atoms with Crippen molar-refractivity contribution in [3.8, 4) is 0 Å². The molecule has 3 atom stereocenters. The number of rotatable bonds is 5. The van der Waals surface area contributed by atoms with Gasteiger partial charge in [0.1, 0.15) is 0 Å². The monoisotopic (exact) mass is 423 g/mol. The second-order valence-corrected chi connectivity index (χ2v) is 10.8. The van der Waals surface area contributed by atoms with E-state index in [0.717, 1.165) is 58.4 Å². The van der Waals surface area contributed by atoms with Gasteiger partial charge in [0.15, 0.2) is 0 Å². The maximum Gasteiger partial charge on any atom is 0.233 e. The molecule has 168 valence electrons. The Balaban J connectivity index is 1.25. The highest BCUT2D eigenvalue weighted by Crippen LogP contribution is 2.51. The third-order valence-electron chi connectivity index (χ3n) is 8.79. The predicted molar refractivity (Wildman–Crippen MR) is 122 cm³/mol. The molecule has 0 bridgehead atoms. The van der Waals surface area contributed by atoms with Crippen molar-refractivity contribution < 1.29 is 9.59 Å². The van der Waals surface area contributed by atoms with E-state index in [2.05, 4.69) is 60.2 Å². The molecule has 0 radical (unpaired) electrons. The van der Waals surface area contributed by atoms with Gasteiger partial charge < -0.3 is 15.1 Å². The third kappa shape index (κ3) is 3.49. The van der Waals surface area contributed by atoms with Crippen molar-refractivity contribution in [2.45, 2.75) is 63.8 Å². The summed E-state index contributed by atoms with van der Waals surface area (Å²) in [5.74, 6) is 1.75. The van der Waals surface area contributed by atoms with Crippen molar-refractivity contribution in [1.29, 1.82) is 0 Å². The van der Waals surface area contributed by atoms with Crippen LogP contribution in [0, 0.1) is 24.7 Å². The average Bonchev–Trinajstić information content (AvgIpc) is 3.41. The summed E-state index contributed by atoms with van der Waals surface area (Å²) in [5, 5.41) is 3.41. The van der Waals surface area contributed by atoms with Gasteiger partial charge in [-0.1, -0.05) is 50.1 Å². The van der Waals surface area contributed by atoms with Crippen LogP contribution in [0.4, 0.5) is 0 Å². The molecule has 4 aliphatic rings. The molecule has 31 heavy (non-hydrogen) atoms. The van der Waals surface area contributed by atoms with E-state index in [1.807, 2.05) is 0 Å². The number of nitrogens with zero attached hydrogens (tertiary/aromatic N) is 2. The van der Waals surface area contributed by atoms with Crippen molar-refractivity contribution in [3.63, 3.8) is 0 Å². The van der Waals surface area contributed by atoms with Gasteiger partial charge in [-0.3, -0.25) is 9.59 Å². The van der Waals surface area contributed by atoms with E-state index < -0.39 is 0 Å². The Hall–Kier alpha value is -1.88. The van der Waals surface area contributed by atoms with E-state index >= 15 is 0 Å². The van der Waals surface area contributed by atoms with Crippen LogP contribution >= 0.6 is 0 Å². The first-order chi connectivity index (χ1) is 14.9. The molecule has 1 aromatic rings. The summed E-state index contributed by atoms with van der Waals surface area (Å²) in [7, 11) is 0. The molecule has 1 aliphatic carbocycles. The molecule has 0 unspecified atom stereocenters. The molecule has 2 amide bonds. The molecular formula is C26H37N3O2. The van der Waals surface area contributed by atoms with E-state index in [-0.39, 0.29) is 22.8 Å². The summed E-state index contributed by atoms with van der Waals surface area (Å²) < 4.78 is 0. The topological polar surface area (TPSA) is 52.7 Å². The van der Waals surface area contributed by atoms with Crippen molar-refractivity contribution in [2.24, 2.45) is 17.8 Å². The van der Waals surface area contributed by atoms with Crippen molar-refractivity contribution in [2.75, 3.05) is 32.7 Å². The summed E-state index contributed by atoms with van der Waals surface area (Å²) in [4.78, 5) is 30.9.